The first-order valence-corrected chi connectivity index (χ1v) is 8.62. The summed E-state index contributed by atoms with van der Waals surface area (Å²) in [5.41, 5.74) is 1.25. The number of piperazine rings is 1. The Morgan fingerprint density at radius 1 is 1.12 bits per heavy atom. The van der Waals surface area contributed by atoms with Crippen LogP contribution >= 0.6 is 23.2 Å². The van der Waals surface area contributed by atoms with Crippen molar-refractivity contribution in [3.8, 4) is 0 Å². The summed E-state index contributed by atoms with van der Waals surface area (Å²) in [7, 11) is 0. The molecule has 1 N–H and O–H groups in total. The van der Waals surface area contributed by atoms with Crippen LogP contribution in [0.1, 0.15) is 6.92 Å². The summed E-state index contributed by atoms with van der Waals surface area (Å²) < 4.78 is 0. The number of hydrogen-bond donors (Lipinski definition) is 1. The van der Waals surface area contributed by atoms with E-state index < -0.39 is 6.04 Å². The third kappa shape index (κ3) is 3.72. The summed E-state index contributed by atoms with van der Waals surface area (Å²) >= 11 is 12.1. The number of amides is 3. The quantitative estimate of drug-likeness (QED) is 0.849. The number of para-hydroxylation sites is 1. The van der Waals surface area contributed by atoms with E-state index in [0.29, 0.717) is 34.5 Å². The van der Waals surface area contributed by atoms with Gasteiger partial charge in [0.2, 0.25) is 5.91 Å². The molecule has 0 bridgehead atoms. The molecule has 0 saturated carbocycles. The molecule has 0 aromatic heterocycles. The topological polar surface area (TPSA) is 52.7 Å². The number of nitrogens with zero attached hydrogens (tertiary/aromatic N) is 2. The summed E-state index contributed by atoms with van der Waals surface area (Å²) in [6.45, 7) is 2.50. The molecule has 0 radical (unpaired) electrons. The van der Waals surface area contributed by atoms with Gasteiger partial charge in [0.05, 0.1) is 10.7 Å². The average molecular weight is 378 g/mol. The van der Waals surface area contributed by atoms with Gasteiger partial charge in [-0.1, -0.05) is 41.4 Å². The molecule has 1 aliphatic rings. The largest absolute Gasteiger partial charge is 0.322 e. The van der Waals surface area contributed by atoms with Crippen LogP contribution in [0.5, 0.6) is 0 Å². The van der Waals surface area contributed by atoms with E-state index in [1.54, 1.807) is 48.2 Å². The minimum atomic E-state index is -0.593. The number of hydrogen-bond acceptors (Lipinski definition) is 2. The maximum Gasteiger partial charge on any atom is 0.322 e. The van der Waals surface area contributed by atoms with E-state index in [0.717, 1.165) is 0 Å². The molecule has 1 heterocycles. The van der Waals surface area contributed by atoms with Crippen molar-refractivity contribution in [2.45, 2.75) is 13.0 Å². The van der Waals surface area contributed by atoms with Crippen molar-refractivity contribution in [3.05, 3.63) is 58.6 Å². The zero-order chi connectivity index (χ0) is 18.0. The lowest BCUT2D eigenvalue weighted by atomic mass is 10.1. The van der Waals surface area contributed by atoms with Crippen molar-refractivity contribution in [2.24, 2.45) is 0 Å². The molecule has 0 aliphatic carbocycles. The first kappa shape index (κ1) is 17.6. The van der Waals surface area contributed by atoms with Gasteiger partial charge < -0.3 is 15.1 Å². The predicted octanol–water partition coefficient (Wildman–Crippen LogP) is 4.26. The minimum absolute atomic E-state index is 0.166. The molecular weight excluding hydrogens is 361 g/mol. The van der Waals surface area contributed by atoms with Crippen molar-refractivity contribution in [3.63, 3.8) is 0 Å². The summed E-state index contributed by atoms with van der Waals surface area (Å²) in [6.07, 6.45) is 0. The number of anilines is 2. The summed E-state index contributed by atoms with van der Waals surface area (Å²) in [5.74, 6) is -0.166. The standard InChI is InChI=1S/C18H17Cl2N3O2/c1-12-17(24)23(16-8-3-2-7-15(16)20)10-9-22(12)18(25)21-14-6-4-5-13(19)11-14/h2-8,11-12H,9-10H2,1H3,(H,21,25). The lowest BCUT2D eigenvalue weighted by molar-refractivity contribution is -0.123. The van der Waals surface area contributed by atoms with Crippen LogP contribution in [-0.2, 0) is 4.79 Å². The molecule has 130 valence electrons. The fourth-order valence-electron chi connectivity index (χ4n) is 2.82. The van der Waals surface area contributed by atoms with Crippen LogP contribution in [0.4, 0.5) is 16.2 Å². The molecule has 7 heteroatoms. The summed E-state index contributed by atoms with van der Waals surface area (Å²) in [5, 5.41) is 3.82. The fraction of sp³-hybridized carbons (Fsp3) is 0.222. The van der Waals surface area contributed by atoms with E-state index in [1.165, 1.54) is 4.90 Å². The van der Waals surface area contributed by atoms with Crippen molar-refractivity contribution < 1.29 is 9.59 Å². The Hall–Kier alpha value is -2.24. The van der Waals surface area contributed by atoms with Crippen molar-refractivity contribution >= 4 is 46.5 Å². The first-order valence-electron chi connectivity index (χ1n) is 7.86. The van der Waals surface area contributed by atoms with Gasteiger partial charge in [0.1, 0.15) is 6.04 Å². The molecule has 1 saturated heterocycles. The molecule has 1 fully saturated rings. The van der Waals surface area contributed by atoms with E-state index >= 15 is 0 Å². The molecule has 1 aliphatic heterocycles. The summed E-state index contributed by atoms with van der Waals surface area (Å²) in [6, 6.07) is 13.1. The van der Waals surface area contributed by atoms with E-state index in [1.807, 2.05) is 12.1 Å². The maximum atomic E-state index is 12.7. The van der Waals surface area contributed by atoms with E-state index in [4.69, 9.17) is 23.2 Å². The van der Waals surface area contributed by atoms with Crippen LogP contribution in [-0.4, -0.2) is 36.0 Å². The predicted molar refractivity (Wildman–Crippen MR) is 100 cm³/mol. The number of halogens is 2. The van der Waals surface area contributed by atoms with Gasteiger partial charge in [-0.15, -0.1) is 0 Å². The molecule has 2 aromatic carbocycles. The van der Waals surface area contributed by atoms with Gasteiger partial charge in [0, 0.05) is 23.8 Å². The van der Waals surface area contributed by atoms with E-state index in [9.17, 15) is 9.59 Å². The van der Waals surface area contributed by atoms with Gasteiger partial charge >= 0.3 is 6.03 Å². The Bertz CT molecular complexity index is 812. The van der Waals surface area contributed by atoms with Gasteiger partial charge in [-0.3, -0.25) is 4.79 Å². The number of benzene rings is 2. The second kappa shape index (κ2) is 7.33. The van der Waals surface area contributed by atoms with Crippen LogP contribution in [0, 0.1) is 0 Å². The van der Waals surface area contributed by atoms with Crippen LogP contribution in [0.2, 0.25) is 10.0 Å². The highest BCUT2D eigenvalue weighted by Gasteiger charge is 2.35. The lowest BCUT2D eigenvalue weighted by Gasteiger charge is -2.39. The Morgan fingerprint density at radius 2 is 1.88 bits per heavy atom. The molecule has 2 aromatic rings. The van der Waals surface area contributed by atoms with Gasteiger partial charge in [0.25, 0.3) is 0 Å². The zero-order valence-corrected chi connectivity index (χ0v) is 15.1. The summed E-state index contributed by atoms with van der Waals surface area (Å²) in [4.78, 5) is 28.4. The Kier molecular flexibility index (Phi) is 5.16. The highest BCUT2D eigenvalue weighted by Crippen LogP contribution is 2.28. The van der Waals surface area contributed by atoms with Crippen molar-refractivity contribution in [1.82, 2.24) is 4.90 Å². The van der Waals surface area contributed by atoms with E-state index in [2.05, 4.69) is 5.32 Å². The zero-order valence-electron chi connectivity index (χ0n) is 13.6. The third-order valence-corrected chi connectivity index (χ3v) is 4.69. The maximum absolute atomic E-state index is 12.7. The number of carbonyl (C=O) groups excluding carboxylic acids is 2. The number of nitrogens with one attached hydrogen (secondary N) is 1. The monoisotopic (exact) mass is 377 g/mol. The minimum Gasteiger partial charge on any atom is -0.311 e. The number of rotatable bonds is 2. The van der Waals surface area contributed by atoms with Crippen LogP contribution in [0.3, 0.4) is 0 Å². The van der Waals surface area contributed by atoms with Crippen LogP contribution in [0.25, 0.3) is 0 Å². The average Bonchev–Trinajstić information content (AvgIpc) is 2.58. The van der Waals surface area contributed by atoms with Gasteiger partial charge in [-0.05, 0) is 37.3 Å². The molecule has 1 atom stereocenters. The molecule has 3 amide bonds. The first-order chi connectivity index (χ1) is 12.0. The van der Waals surface area contributed by atoms with E-state index in [-0.39, 0.29) is 11.9 Å². The molecule has 5 nitrogen and oxygen atoms in total. The van der Waals surface area contributed by atoms with Crippen molar-refractivity contribution in [1.29, 1.82) is 0 Å². The Morgan fingerprint density at radius 3 is 2.60 bits per heavy atom. The molecule has 1 unspecified atom stereocenters. The Labute approximate surface area is 156 Å². The third-order valence-electron chi connectivity index (χ3n) is 4.14. The fourth-order valence-corrected chi connectivity index (χ4v) is 3.25. The Balaban J connectivity index is 1.73. The van der Waals surface area contributed by atoms with Crippen molar-refractivity contribution in [2.75, 3.05) is 23.3 Å². The van der Waals surface area contributed by atoms with Gasteiger partial charge in [-0.2, -0.15) is 0 Å². The highest BCUT2D eigenvalue weighted by atomic mass is 35.5. The molecule has 25 heavy (non-hydrogen) atoms. The lowest BCUT2D eigenvalue weighted by Crippen LogP contribution is -2.58. The second-order valence-electron chi connectivity index (χ2n) is 5.75. The molecule has 0 spiro atoms. The SMILES string of the molecule is CC1C(=O)N(c2ccccc2Cl)CCN1C(=O)Nc1cccc(Cl)c1. The van der Waals surface area contributed by atoms with Crippen LogP contribution < -0.4 is 10.2 Å². The smallest absolute Gasteiger partial charge is 0.311 e. The van der Waals surface area contributed by atoms with Gasteiger partial charge in [-0.25, -0.2) is 4.79 Å². The molecular formula is C18H17Cl2N3O2. The number of urea groups is 1. The highest BCUT2D eigenvalue weighted by molar-refractivity contribution is 6.34. The normalized spacial score (nSPS) is 17.6. The molecule has 3 rings (SSSR count). The van der Waals surface area contributed by atoms with Crippen LogP contribution in [0.15, 0.2) is 48.5 Å². The number of carbonyl (C=O) groups is 2. The second-order valence-corrected chi connectivity index (χ2v) is 6.59. The van der Waals surface area contributed by atoms with Gasteiger partial charge in [0.15, 0.2) is 0 Å².